The third-order valence-electron chi connectivity index (χ3n) is 8.53. The summed E-state index contributed by atoms with van der Waals surface area (Å²) < 4.78 is 39.0. The molecule has 2 saturated heterocycles. The summed E-state index contributed by atoms with van der Waals surface area (Å²) in [7, 11) is 0. The molecule has 0 spiro atoms. The van der Waals surface area contributed by atoms with Crippen LogP contribution in [0.5, 0.6) is 11.5 Å². The number of esters is 4. The molecule has 0 amide bonds. The molecule has 2 aliphatic rings. The number of benzene rings is 4. The number of unbranched alkanes of at least 4 members (excludes halogenated alkanes) is 1. The van der Waals surface area contributed by atoms with E-state index in [1.165, 1.54) is 30.3 Å². The lowest BCUT2D eigenvalue weighted by Crippen LogP contribution is -2.35. The minimum Gasteiger partial charge on any atom is -0.494 e. The summed E-state index contributed by atoms with van der Waals surface area (Å²) >= 11 is 0. The van der Waals surface area contributed by atoms with E-state index in [0.29, 0.717) is 37.4 Å². The van der Waals surface area contributed by atoms with Crippen molar-refractivity contribution in [1.82, 2.24) is 0 Å². The quantitative estimate of drug-likeness (QED) is 0.0444. The SMILES string of the molecule is C=CC(=O)OCCCCOc1ccc(C(=O)Oc2ccc(C(=O)O[C@H]3CO[C@H]4[C@@H]3OC[C@H]4OC(=O)C=Cc3ccc(-c4ccccc4)cc3)cc2)cc1. The largest absolute Gasteiger partial charge is 0.494 e. The van der Waals surface area contributed by atoms with Gasteiger partial charge in [0, 0.05) is 12.2 Å². The average molecular weight is 719 g/mol. The van der Waals surface area contributed by atoms with Crippen molar-refractivity contribution < 1.29 is 52.3 Å². The van der Waals surface area contributed by atoms with Gasteiger partial charge in [-0.15, -0.1) is 0 Å². The highest BCUT2D eigenvalue weighted by Crippen LogP contribution is 2.31. The van der Waals surface area contributed by atoms with Gasteiger partial charge in [-0.25, -0.2) is 19.2 Å². The maximum absolute atomic E-state index is 13.0. The zero-order chi connectivity index (χ0) is 37.0. The van der Waals surface area contributed by atoms with Crippen molar-refractivity contribution in [3.63, 3.8) is 0 Å². The van der Waals surface area contributed by atoms with Gasteiger partial charge in [0.15, 0.2) is 12.2 Å². The molecule has 4 aromatic rings. The molecule has 0 radical (unpaired) electrons. The molecule has 0 N–H and O–H groups in total. The first-order chi connectivity index (χ1) is 25.9. The first-order valence-corrected chi connectivity index (χ1v) is 17.2. The number of hydrogen-bond acceptors (Lipinski definition) is 11. The van der Waals surface area contributed by atoms with E-state index in [1.807, 2.05) is 54.6 Å². The fraction of sp³-hybridized carbons (Fsp3) is 0.238. The molecular formula is C42H38O11. The zero-order valence-electron chi connectivity index (χ0n) is 28.8. The van der Waals surface area contributed by atoms with Crippen molar-refractivity contribution in [1.29, 1.82) is 0 Å². The standard InChI is InChI=1S/C42H38O11/c1-2-37(43)48-25-7-6-24-47-33-19-15-31(16-20-33)41(45)51-34-21-17-32(18-22-34)42(46)53-36-27-50-39-35(26-49-40(36)39)52-38(44)23-12-28-10-13-30(14-11-28)29-8-4-3-5-9-29/h2-5,8-23,35-36,39-40H,1,6-7,24-27H2/t35-,36+,39-,40-/m1/s1. The van der Waals surface area contributed by atoms with E-state index < -0.39 is 48.3 Å². The summed E-state index contributed by atoms with van der Waals surface area (Å²) in [5, 5.41) is 0. The molecule has 0 aromatic heterocycles. The average Bonchev–Trinajstić information content (AvgIpc) is 3.78. The summed E-state index contributed by atoms with van der Waals surface area (Å²) in [6.45, 7) is 4.26. The molecule has 272 valence electrons. The Labute approximate surface area is 306 Å². The highest BCUT2D eigenvalue weighted by molar-refractivity contribution is 5.92. The van der Waals surface area contributed by atoms with Crippen LogP contribution in [0.15, 0.2) is 122 Å². The number of fused-ring (bicyclic) bond motifs is 1. The van der Waals surface area contributed by atoms with Gasteiger partial charge in [-0.3, -0.25) is 0 Å². The van der Waals surface area contributed by atoms with E-state index in [9.17, 15) is 19.2 Å². The molecule has 2 fully saturated rings. The lowest BCUT2D eigenvalue weighted by Gasteiger charge is -2.17. The molecule has 2 aliphatic heterocycles. The molecule has 4 atom stereocenters. The molecule has 0 bridgehead atoms. The topological polar surface area (TPSA) is 133 Å². The number of carbonyl (C=O) groups excluding carboxylic acids is 4. The second-order valence-electron chi connectivity index (χ2n) is 12.2. The van der Waals surface area contributed by atoms with Gasteiger partial charge in [0.1, 0.15) is 23.7 Å². The van der Waals surface area contributed by atoms with Crippen LogP contribution < -0.4 is 9.47 Å². The summed E-state index contributed by atoms with van der Waals surface area (Å²) in [5.74, 6) is -1.34. The Hall–Kier alpha value is -6.04. The Morgan fingerprint density at radius 2 is 1.23 bits per heavy atom. The van der Waals surface area contributed by atoms with Crippen LogP contribution in [0.4, 0.5) is 0 Å². The number of carbonyl (C=O) groups is 4. The number of rotatable bonds is 15. The molecule has 4 aromatic carbocycles. The van der Waals surface area contributed by atoms with Gasteiger partial charge < -0.3 is 33.2 Å². The van der Waals surface area contributed by atoms with Crippen LogP contribution in [0.25, 0.3) is 17.2 Å². The van der Waals surface area contributed by atoms with Crippen LogP contribution in [0.1, 0.15) is 39.1 Å². The van der Waals surface area contributed by atoms with Gasteiger partial charge in [-0.1, -0.05) is 61.2 Å². The second kappa shape index (κ2) is 17.9. The number of hydrogen-bond donors (Lipinski definition) is 0. The molecule has 6 rings (SSSR count). The van der Waals surface area contributed by atoms with Crippen molar-refractivity contribution in [2.45, 2.75) is 37.3 Å². The monoisotopic (exact) mass is 718 g/mol. The third-order valence-corrected chi connectivity index (χ3v) is 8.53. The highest BCUT2D eigenvalue weighted by atomic mass is 16.7. The van der Waals surface area contributed by atoms with Gasteiger partial charge in [0.05, 0.1) is 37.6 Å². The minimum absolute atomic E-state index is 0.0888. The predicted molar refractivity (Wildman–Crippen MR) is 193 cm³/mol. The summed E-state index contributed by atoms with van der Waals surface area (Å²) in [6.07, 6.45) is 3.00. The van der Waals surface area contributed by atoms with Gasteiger partial charge >= 0.3 is 23.9 Å². The van der Waals surface area contributed by atoms with Crippen LogP contribution in [0, 0.1) is 0 Å². The lowest BCUT2D eigenvalue weighted by atomic mass is 10.0. The molecular weight excluding hydrogens is 680 g/mol. The summed E-state index contributed by atoms with van der Waals surface area (Å²) in [6, 6.07) is 30.3. The maximum Gasteiger partial charge on any atom is 0.343 e. The van der Waals surface area contributed by atoms with E-state index >= 15 is 0 Å². The van der Waals surface area contributed by atoms with Crippen molar-refractivity contribution in [3.05, 3.63) is 139 Å². The Balaban J connectivity index is 0.916. The minimum atomic E-state index is -0.693. The Morgan fingerprint density at radius 1 is 0.642 bits per heavy atom. The van der Waals surface area contributed by atoms with E-state index in [1.54, 1.807) is 30.3 Å². The Morgan fingerprint density at radius 3 is 1.89 bits per heavy atom. The molecule has 11 nitrogen and oxygen atoms in total. The third kappa shape index (κ3) is 10.1. The fourth-order valence-electron chi connectivity index (χ4n) is 5.74. The van der Waals surface area contributed by atoms with Crippen molar-refractivity contribution in [2.75, 3.05) is 26.4 Å². The van der Waals surface area contributed by atoms with Gasteiger partial charge in [-0.2, -0.15) is 0 Å². The van der Waals surface area contributed by atoms with Crippen molar-refractivity contribution in [3.8, 4) is 22.6 Å². The van der Waals surface area contributed by atoms with Crippen LogP contribution in [0.3, 0.4) is 0 Å². The van der Waals surface area contributed by atoms with Crippen LogP contribution >= 0.6 is 0 Å². The first-order valence-electron chi connectivity index (χ1n) is 17.2. The van der Waals surface area contributed by atoms with Crippen LogP contribution in [-0.2, 0) is 33.3 Å². The molecule has 0 aliphatic carbocycles. The number of ether oxygens (including phenoxy) is 7. The molecule has 0 unspecified atom stereocenters. The highest BCUT2D eigenvalue weighted by Gasteiger charge is 2.51. The molecule has 0 saturated carbocycles. The first kappa shape index (κ1) is 36.7. The van der Waals surface area contributed by atoms with E-state index in [4.69, 9.17) is 33.2 Å². The van der Waals surface area contributed by atoms with Crippen molar-refractivity contribution in [2.24, 2.45) is 0 Å². The lowest BCUT2D eigenvalue weighted by molar-refractivity contribution is -0.147. The van der Waals surface area contributed by atoms with Crippen LogP contribution in [-0.4, -0.2) is 74.7 Å². The molecule has 2 heterocycles. The Bertz CT molecular complexity index is 1900. The van der Waals surface area contributed by atoms with Gasteiger partial charge in [0.25, 0.3) is 0 Å². The van der Waals surface area contributed by atoms with E-state index in [0.717, 1.165) is 22.8 Å². The second-order valence-corrected chi connectivity index (χ2v) is 12.2. The predicted octanol–water partition coefficient (Wildman–Crippen LogP) is 6.41. The normalized spacial score (nSPS) is 18.9. The molecule has 53 heavy (non-hydrogen) atoms. The Kier molecular flexibility index (Phi) is 12.4. The smallest absolute Gasteiger partial charge is 0.343 e. The summed E-state index contributed by atoms with van der Waals surface area (Å²) in [4.78, 5) is 49.3. The van der Waals surface area contributed by atoms with E-state index in [2.05, 4.69) is 6.58 Å². The maximum atomic E-state index is 13.0. The zero-order valence-corrected chi connectivity index (χ0v) is 28.8. The van der Waals surface area contributed by atoms with Gasteiger partial charge in [-0.05, 0) is 84.1 Å². The fourth-order valence-corrected chi connectivity index (χ4v) is 5.74. The van der Waals surface area contributed by atoms with Gasteiger partial charge in [0.2, 0.25) is 0 Å². The van der Waals surface area contributed by atoms with Crippen molar-refractivity contribution >= 4 is 30.0 Å². The van der Waals surface area contributed by atoms with E-state index in [-0.39, 0.29) is 24.5 Å². The summed E-state index contributed by atoms with van der Waals surface area (Å²) in [5.41, 5.74) is 3.60. The van der Waals surface area contributed by atoms with Crippen LogP contribution in [0.2, 0.25) is 0 Å². The molecule has 11 heteroatoms.